The van der Waals surface area contributed by atoms with Gasteiger partial charge in [0.1, 0.15) is 5.78 Å². The second kappa shape index (κ2) is 5.41. The number of carbonyl (C=O) groups excluding carboxylic acids is 2. The van der Waals surface area contributed by atoms with Crippen molar-refractivity contribution in [2.75, 3.05) is 6.54 Å². The van der Waals surface area contributed by atoms with Crippen LogP contribution in [0.4, 0.5) is 0 Å². The van der Waals surface area contributed by atoms with Crippen molar-refractivity contribution in [1.82, 2.24) is 5.32 Å². The number of Topliss-reactive ketones (excluding diaryl/α,β-unsaturated/α-hetero) is 1. The SMILES string of the molecule is CC(C)(C)NCC(=O)CC(C)(C)C(=O)ON. The van der Waals surface area contributed by atoms with Crippen molar-refractivity contribution in [3.05, 3.63) is 0 Å². The summed E-state index contributed by atoms with van der Waals surface area (Å²) < 4.78 is 0. The Labute approximate surface area is 96.7 Å². The van der Waals surface area contributed by atoms with Crippen molar-refractivity contribution in [3.63, 3.8) is 0 Å². The van der Waals surface area contributed by atoms with E-state index in [-0.39, 0.29) is 24.3 Å². The number of hydrogen-bond acceptors (Lipinski definition) is 5. The monoisotopic (exact) mass is 230 g/mol. The minimum atomic E-state index is -0.870. The Balaban J connectivity index is 4.20. The lowest BCUT2D eigenvalue weighted by Gasteiger charge is -2.23. The van der Waals surface area contributed by atoms with Crippen LogP contribution in [0.5, 0.6) is 0 Å². The Kier molecular flexibility index (Phi) is 5.09. The molecule has 0 unspecified atom stereocenters. The van der Waals surface area contributed by atoms with Crippen LogP contribution < -0.4 is 11.2 Å². The largest absolute Gasteiger partial charge is 0.373 e. The first-order valence-corrected chi connectivity index (χ1v) is 5.26. The molecule has 0 aliphatic rings. The molecule has 0 aromatic heterocycles. The summed E-state index contributed by atoms with van der Waals surface area (Å²) in [5.74, 6) is 4.19. The first kappa shape index (κ1) is 15.1. The van der Waals surface area contributed by atoms with Crippen molar-refractivity contribution >= 4 is 11.8 Å². The Bertz CT molecular complexity index is 267. The lowest BCUT2D eigenvalue weighted by molar-refractivity contribution is -0.156. The number of ketones is 1. The maximum absolute atomic E-state index is 11.6. The number of hydrogen-bond donors (Lipinski definition) is 2. The van der Waals surface area contributed by atoms with E-state index < -0.39 is 11.4 Å². The molecular formula is C11H22N2O3. The predicted octanol–water partition coefficient (Wildman–Crippen LogP) is 0.777. The molecule has 0 spiro atoms. The van der Waals surface area contributed by atoms with E-state index in [0.717, 1.165) is 0 Å². The van der Waals surface area contributed by atoms with E-state index in [9.17, 15) is 9.59 Å². The highest BCUT2D eigenvalue weighted by Gasteiger charge is 2.32. The predicted molar refractivity (Wildman–Crippen MR) is 61.4 cm³/mol. The zero-order chi connectivity index (χ0) is 13.0. The number of nitrogens with two attached hydrogens (primary N) is 1. The number of nitrogens with one attached hydrogen (secondary N) is 1. The van der Waals surface area contributed by atoms with Gasteiger partial charge < -0.3 is 10.2 Å². The van der Waals surface area contributed by atoms with Crippen LogP contribution >= 0.6 is 0 Å². The molecule has 0 aliphatic heterocycles. The molecule has 0 saturated carbocycles. The van der Waals surface area contributed by atoms with Gasteiger partial charge in [-0.3, -0.25) is 4.79 Å². The van der Waals surface area contributed by atoms with Crippen LogP contribution in [0.2, 0.25) is 0 Å². The Morgan fingerprint density at radius 3 is 2.06 bits per heavy atom. The van der Waals surface area contributed by atoms with Crippen LogP contribution in [0, 0.1) is 5.41 Å². The van der Waals surface area contributed by atoms with Gasteiger partial charge in [0.2, 0.25) is 0 Å². The highest BCUT2D eigenvalue weighted by molar-refractivity contribution is 5.87. The highest BCUT2D eigenvalue weighted by Crippen LogP contribution is 2.21. The fourth-order valence-corrected chi connectivity index (χ4v) is 1.15. The van der Waals surface area contributed by atoms with Gasteiger partial charge in [0, 0.05) is 12.0 Å². The van der Waals surface area contributed by atoms with Gasteiger partial charge in [0.25, 0.3) is 0 Å². The van der Waals surface area contributed by atoms with Gasteiger partial charge in [-0.25, -0.2) is 4.79 Å². The lowest BCUT2D eigenvalue weighted by Crippen LogP contribution is -2.41. The Morgan fingerprint density at radius 2 is 1.69 bits per heavy atom. The van der Waals surface area contributed by atoms with Gasteiger partial charge in [-0.1, -0.05) is 0 Å². The maximum Gasteiger partial charge on any atom is 0.330 e. The van der Waals surface area contributed by atoms with E-state index >= 15 is 0 Å². The van der Waals surface area contributed by atoms with E-state index in [0.29, 0.717) is 0 Å². The van der Waals surface area contributed by atoms with Crippen LogP contribution in [-0.2, 0) is 14.4 Å². The molecule has 0 heterocycles. The van der Waals surface area contributed by atoms with Crippen LogP contribution in [-0.4, -0.2) is 23.8 Å². The summed E-state index contributed by atoms with van der Waals surface area (Å²) in [6.45, 7) is 9.43. The molecule has 16 heavy (non-hydrogen) atoms. The van der Waals surface area contributed by atoms with Crippen LogP contribution in [0.1, 0.15) is 41.0 Å². The summed E-state index contributed by atoms with van der Waals surface area (Å²) in [4.78, 5) is 27.0. The molecule has 0 bridgehead atoms. The number of carbonyl (C=O) groups is 2. The molecule has 5 nitrogen and oxygen atoms in total. The third kappa shape index (κ3) is 5.82. The van der Waals surface area contributed by atoms with Crippen molar-refractivity contribution in [2.24, 2.45) is 11.3 Å². The third-order valence-electron chi connectivity index (χ3n) is 2.11. The average Bonchev–Trinajstić information content (AvgIpc) is 2.11. The quantitative estimate of drug-likeness (QED) is 0.682. The smallest absolute Gasteiger partial charge is 0.330 e. The molecule has 94 valence electrons. The van der Waals surface area contributed by atoms with Crippen molar-refractivity contribution < 1.29 is 14.4 Å². The molecule has 0 aromatic carbocycles. The summed E-state index contributed by atoms with van der Waals surface area (Å²) in [6, 6.07) is 0. The fraction of sp³-hybridized carbons (Fsp3) is 0.818. The van der Waals surface area contributed by atoms with E-state index in [1.165, 1.54) is 0 Å². The normalized spacial score (nSPS) is 12.4. The van der Waals surface area contributed by atoms with Crippen LogP contribution in [0.3, 0.4) is 0 Å². The molecule has 0 saturated heterocycles. The molecule has 0 aliphatic carbocycles. The van der Waals surface area contributed by atoms with Gasteiger partial charge in [-0.15, -0.1) is 0 Å². The average molecular weight is 230 g/mol. The standard InChI is InChI=1S/C11H22N2O3/c1-10(2,3)13-7-8(14)6-11(4,5)9(15)16-12/h13H,6-7,12H2,1-5H3. The molecule has 0 atom stereocenters. The Hall–Kier alpha value is -0.940. The van der Waals surface area contributed by atoms with Gasteiger partial charge in [-0.05, 0) is 34.6 Å². The molecular weight excluding hydrogens is 208 g/mol. The van der Waals surface area contributed by atoms with Gasteiger partial charge in [-0.2, -0.15) is 5.90 Å². The molecule has 5 heteroatoms. The minimum Gasteiger partial charge on any atom is -0.373 e. The lowest BCUT2D eigenvalue weighted by atomic mass is 9.87. The summed E-state index contributed by atoms with van der Waals surface area (Å²) in [5, 5.41) is 3.07. The number of rotatable bonds is 5. The minimum absolute atomic E-state index is 0.0367. The first-order valence-electron chi connectivity index (χ1n) is 5.26. The van der Waals surface area contributed by atoms with Crippen molar-refractivity contribution in [2.45, 2.75) is 46.6 Å². The van der Waals surface area contributed by atoms with Crippen LogP contribution in [0.25, 0.3) is 0 Å². The van der Waals surface area contributed by atoms with Gasteiger partial charge in [0.15, 0.2) is 0 Å². The topological polar surface area (TPSA) is 81.4 Å². The van der Waals surface area contributed by atoms with Gasteiger partial charge >= 0.3 is 5.97 Å². The van der Waals surface area contributed by atoms with E-state index in [2.05, 4.69) is 10.2 Å². The summed E-state index contributed by atoms with van der Waals surface area (Å²) in [6.07, 6.45) is 0.117. The zero-order valence-corrected chi connectivity index (χ0v) is 10.7. The second-order valence-corrected chi connectivity index (χ2v) is 5.61. The van der Waals surface area contributed by atoms with Crippen LogP contribution in [0.15, 0.2) is 0 Å². The maximum atomic E-state index is 11.6. The van der Waals surface area contributed by atoms with Crippen molar-refractivity contribution in [1.29, 1.82) is 0 Å². The molecule has 0 aromatic rings. The molecule has 0 rings (SSSR count). The van der Waals surface area contributed by atoms with E-state index in [4.69, 9.17) is 5.90 Å². The molecule has 0 amide bonds. The highest BCUT2D eigenvalue weighted by atomic mass is 16.7. The molecule has 3 N–H and O–H groups in total. The molecule has 0 fully saturated rings. The molecule has 0 radical (unpaired) electrons. The summed E-state index contributed by atoms with van der Waals surface area (Å²) in [5.41, 5.74) is -0.987. The fourth-order valence-electron chi connectivity index (χ4n) is 1.15. The second-order valence-electron chi connectivity index (χ2n) is 5.61. The first-order chi connectivity index (χ1) is 7.08. The Morgan fingerprint density at radius 1 is 1.19 bits per heavy atom. The van der Waals surface area contributed by atoms with Crippen molar-refractivity contribution in [3.8, 4) is 0 Å². The summed E-state index contributed by atoms with van der Waals surface area (Å²) >= 11 is 0. The van der Waals surface area contributed by atoms with E-state index in [1.54, 1.807) is 13.8 Å². The summed E-state index contributed by atoms with van der Waals surface area (Å²) in [7, 11) is 0. The van der Waals surface area contributed by atoms with E-state index in [1.807, 2.05) is 20.8 Å². The third-order valence-corrected chi connectivity index (χ3v) is 2.11. The van der Waals surface area contributed by atoms with Gasteiger partial charge in [0.05, 0.1) is 12.0 Å². The zero-order valence-electron chi connectivity index (χ0n) is 10.7.